The Morgan fingerprint density at radius 3 is 2.95 bits per heavy atom. The number of nitrogens with zero attached hydrogens (tertiary/aromatic N) is 6. The summed E-state index contributed by atoms with van der Waals surface area (Å²) in [6.45, 7) is 2.97. The zero-order valence-corrected chi connectivity index (χ0v) is 11.3. The lowest BCUT2D eigenvalue weighted by molar-refractivity contribution is -0.385. The van der Waals surface area contributed by atoms with E-state index in [0.717, 1.165) is 37.5 Å². The predicted molar refractivity (Wildman–Crippen MR) is 70.3 cm³/mol. The van der Waals surface area contributed by atoms with E-state index in [9.17, 15) is 10.1 Å². The van der Waals surface area contributed by atoms with Crippen LogP contribution in [-0.2, 0) is 19.5 Å². The number of fused-ring (bicyclic) bond motifs is 1. The van der Waals surface area contributed by atoms with Crippen molar-refractivity contribution in [2.24, 2.45) is 0 Å². The van der Waals surface area contributed by atoms with E-state index in [2.05, 4.69) is 19.9 Å². The minimum atomic E-state index is -0.414. The Labute approximate surface area is 115 Å². The van der Waals surface area contributed by atoms with Crippen LogP contribution in [-0.4, -0.2) is 29.5 Å². The van der Waals surface area contributed by atoms with Gasteiger partial charge in [0.1, 0.15) is 24.3 Å². The molecule has 0 aliphatic carbocycles. The monoisotopic (exact) mass is 276 g/mol. The van der Waals surface area contributed by atoms with Gasteiger partial charge in [-0.05, 0) is 19.8 Å². The number of aromatic nitrogens is 5. The lowest BCUT2D eigenvalue weighted by Crippen LogP contribution is -2.10. The summed E-state index contributed by atoms with van der Waals surface area (Å²) >= 11 is 0. The van der Waals surface area contributed by atoms with E-state index in [1.165, 1.54) is 12.6 Å². The molecule has 0 bridgehead atoms. The molecule has 2 aromatic heterocycles. The Morgan fingerprint density at radius 1 is 1.35 bits per heavy atom. The van der Waals surface area contributed by atoms with Crippen LogP contribution in [0.3, 0.4) is 0 Å². The Bertz CT molecular complexity index is 644. The lowest BCUT2D eigenvalue weighted by Gasteiger charge is -2.06. The summed E-state index contributed by atoms with van der Waals surface area (Å²) < 4.78 is 3.69. The van der Waals surface area contributed by atoms with Crippen molar-refractivity contribution in [2.45, 2.75) is 45.7 Å². The molecule has 3 rings (SSSR count). The van der Waals surface area contributed by atoms with Crippen molar-refractivity contribution in [1.29, 1.82) is 0 Å². The van der Waals surface area contributed by atoms with Gasteiger partial charge in [0.15, 0.2) is 5.82 Å². The molecule has 20 heavy (non-hydrogen) atoms. The molecule has 0 saturated carbocycles. The summed E-state index contributed by atoms with van der Waals surface area (Å²) in [6.07, 6.45) is 5.87. The molecule has 0 fully saturated rings. The summed E-state index contributed by atoms with van der Waals surface area (Å²) in [5.41, 5.74) is 0.464. The molecule has 0 spiro atoms. The Morgan fingerprint density at radius 2 is 2.20 bits per heavy atom. The van der Waals surface area contributed by atoms with Gasteiger partial charge in [-0.25, -0.2) is 0 Å². The maximum absolute atomic E-state index is 10.8. The molecule has 8 heteroatoms. The minimum absolute atomic E-state index is 0.0422. The second-order valence-corrected chi connectivity index (χ2v) is 5.05. The van der Waals surface area contributed by atoms with Crippen LogP contribution in [0.4, 0.5) is 5.69 Å². The average Bonchev–Trinajstić information content (AvgIpc) is 2.86. The molecular weight excluding hydrogens is 260 g/mol. The van der Waals surface area contributed by atoms with Gasteiger partial charge in [-0.15, -0.1) is 10.2 Å². The van der Waals surface area contributed by atoms with Crippen LogP contribution in [0.25, 0.3) is 0 Å². The van der Waals surface area contributed by atoms with Crippen LogP contribution in [0.5, 0.6) is 0 Å². The third kappa shape index (κ3) is 2.28. The summed E-state index contributed by atoms with van der Waals surface area (Å²) in [5, 5.41) is 23.4. The van der Waals surface area contributed by atoms with Crippen LogP contribution < -0.4 is 0 Å². The third-order valence-corrected chi connectivity index (χ3v) is 3.61. The molecular formula is C12H16N6O2. The normalized spacial score (nSPS) is 14.8. The highest BCUT2D eigenvalue weighted by atomic mass is 16.6. The molecule has 0 atom stereocenters. The summed E-state index contributed by atoms with van der Waals surface area (Å²) in [7, 11) is 0. The smallest absolute Gasteiger partial charge is 0.309 e. The van der Waals surface area contributed by atoms with E-state index in [0.29, 0.717) is 12.2 Å². The summed E-state index contributed by atoms with van der Waals surface area (Å²) in [4.78, 5) is 10.4. The van der Waals surface area contributed by atoms with Crippen molar-refractivity contribution in [2.75, 3.05) is 0 Å². The van der Waals surface area contributed by atoms with Gasteiger partial charge >= 0.3 is 5.69 Å². The first-order valence-electron chi connectivity index (χ1n) is 6.74. The minimum Gasteiger partial charge on any atom is -0.313 e. The fourth-order valence-electron chi connectivity index (χ4n) is 2.57. The maximum atomic E-state index is 10.8. The van der Waals surface area contributed by atoms with E-state index in [1.54, 1.807) is 11.6 Å². The molecule has 1 aliphatic heterocycles. The second-order valence-electron chi connectivity index (χ2n) is 5.05. The lowest BCUT2D eigenvalue weighted by atomic mass is 10.2. The van der Waals surface area contributed by atoms with Gasteiger partial charge in [0.25, 0.3) is 0 Å². The number of hydrogen-bond donors (Lipinski definition) is 0. The van der Waals surface area contributed by atoms with Crippen molar-refractivity contribution in [3.63, 3.8) is 0 Å². The fraction of sp³-hybridized carbons (Fsp3) is 0.583. The number of hydrogen-bond acceptors (Lipinski definition) is 5. The van der Waals surface area contributed by atoms with Crippen molar-refractivity contribution < 1.29 is 4.92 Å². The highest BCUT2D eigenvalue weighted by Gasteiger charge is 2.18. The molecule has 0 N–H and O–H groups in total. The predicted octanol–water partition coefficient (Wildman–Crippen LogP) is 1.47. The van der Waals surface area contributed by atoms with Crippen LogP contribution in [0.2, 0.25) is 0 Å². The Hall–Kier alpha value is -2.25. The van der Waals surface area contributed by atoms with Crippen molar-refractivity contribution in [3.05, 3.63) is 33.7 Å². The van der Waals surface area contributed by atoms with E-state index in [1.807, 2.05) is 0 Å². The van der Waals surface area contributed by atoms with Gasteiger partial charge in [0, 0.05) is 13.0 Å². The standard InChI is InChI=1S/C12H16N6O2/c1-9-10(18(19)20)7-16(15-9)8-12-14-13-11-5-3-2-4-6-17(11)12/h7H,2-6,8H2,1H3. The largest absolute Gasteiger partial charge is 0.313 e. The first kappa shape index (κ1) is 12.8. The number of nitro groups is 1. The van der Waals surface area contributed by atoms with Crippen LogP contribution in [0.1, 0.15) is 36.6 Å². The van der Waals surface area contributed by atoms with E-state index in [-0.39, 0.29) is 5.69 Å². The molecule has 106 valence electrons. The van der Waals surface area contributed by atoms with Gasteiger partial charge in [-0.3, -0.25) is 14.8 Å². The van der Waals surface area contributed by atoms with Crippen LogP contribution in [0.15, 0.2) is 6.20 Å². The van der Waals surface area contributed by atoms with E-state index in [4.69, 9.17) is 0 Å². The van der Waals surface area contributed by atoms with E-state index >= 15 is 0 Å². The average molecular weight is 276 g/mol. The second kappa shape index (κ2) is 5.03. The van der Waals surface area contributed by atoms with E-state index < -0.39 is 4.92 Å². The molecule has 0 amide bonds. The zero-order valence-electron chi connectivity index (χ0n) is 11.3. The van der Waals surface area contributed by atoms with Gasteiger partial charge in [0.05, 0.1) is 4.92 Å². The molecule has 0 saturated heterocycles. The van der Waals surface area contributed by atoms with Gasteiger partial charge in [-0.1, -0.05) is 6.42 Å². The molecule has 0 aromatic carbocycles. The Balaban J connectivity index is 1.86. The quantitative estimate of drug-likeness (QED) is 0.625. The number of aryl methyl sites for hydroxylation is 2. The number of rotatable bonds is 3. The van der Waals surface area contributed by atoms with Gasteiger partial charge < -0.3 is 4.57 Å². The Kier molecular flexibility index (Phi) is 3.21. The maximum Gasteiger partial charge on any atom is 0.309 e. The molecule has 0 radical (unpaired) electrons. The van der Waals surface area contributed by atoms with Crippen molar-refractivity contribution in [3.8, 4) is 0 Å². The molecule has 1 aliphatic rings. The molecule has 2 aromatic rings. The first-order valence-corrected chi connectivity index (χ1v) is 6.74. The topological polar surface area (TPSA) is 91.7 Å². The first-order chi connectivity index (χ1) is 9.65. The molecule has 3 heterocycles. The van der Waals surface area contributed by atoms with Gasteiger partial charge in [0.2, 0.25) is 0 Å². The van der Waals surface area contributed by atoms with Crippen LogP contribution >= 0.6 is 0 Å². The van der Waals surface area contributed by atoms with Crippen molar-refractivity contribution in [1.82, 2.24) is 24.5 Å². The highest BCUT2D eigenvalue weighted by Crippen LogP contribution is 2.18. The van der Waals surface area contributed by atoms with Crippen molar-refractivity contribution >= 4 is 5.69 Å². The fourth-order valence-corrected chi connectivity index (χ4v) is 2.57. The molecule has 0 unspecified atom stereocenters. The summed E-state index contributed by atoms with van der Waals surface area (Å²) in [6, 6.07) is 0. The molecule has 8 nitrogen and oxygen atoms in total. The summed E-state index contributed by atoms with van der Waals surface area (Å²) in [5.74, 6) is 1.83. The third-order valence-electron chi connectivity index (χ3n) is 3.61. The highest BCUT2D eigenvalue weighted by molar-refractivity contribution is 5.31. The zero-order chi connectivity index (χ0) is 14.1. The SMILES string of the molecule is Cc1nn(Cc2nnc3n2CCCCC3)cc1[N+](=O)[O-]. The van der Waals surface area contributed by atoms with Crippen LogP contribution in [0, 0.1) is 17.0 Å². The van der Waals surface area contributed by atoms with Gasteiger partial charge in [-0.2, -0.15) is 5.10 Å².